The fourth-order valence-electron chi connectivity index (χ4n) is 0.0571. The third-order valence-electron chi connectivity index (χ3n) is 0.905. The minimum atomic E-state index is -2.48. The summed E-state index contributed by atoms with van der Waals surface area (Å²) in [5.41, 5.74) is 0. The Kier molecular flexibility index (Phi) is 2.62. The van der Waals surface area contributed by atoms with Crippen molar-refractivity contribution in [3.8, 4) is 0 Å². The fourth-order valence-corrected chi connectivity index (χ4v) is 0.171. The maximum absolute atomic E-state index is 11.9. The summed E-state index contributed by atoms with van der Waals surface area (Å²) in [5.74, 6) is 0. The number of hydrogen-bond acceptors (Lipinski definition) is 1. The van der Waals surface area contributed by atoms with Crippen molar-refractivity contribution in [3.63, 3.8) is 0 Å². The highest BCUT2D eigenvalue weighted by Gasteiger charge is 2.25. The van der Waals surface area contributed by atoms with Crippen LogP contribution in [-0.4, -0.2) is 27.2 Å². The van der Waals surface area contributed by atoms with Gasteiger partial charge in [-0.25, -0.2) is 4.70 Å². The predicted octanol–water partition coefficient (Wildman–Crippen LogP) is 0.970. The van der Waals surface area contributed by atoms with Crippen molar-refractivity contribution in [1.29, 1.82) is 0 Å². The molecule has 0 aromatic heterocycles. The standard InChI is InChI=1S/C3H8BF2NSi/c1-8(2,3-5)7(4)6/h3H2,1-2H3. The van der Waals surface area contributed by atoms with Crippen LogP contribution in [0.25, 0.3) is 0 Å². The molecule has 2 radical (unpaired) electrons. The van der Waals surface area contributed by atoms with Gasteiger partial charge in [-0.1, -0.05) is 13.1 Å². The van der Waals surface area contributed by atoms with Crippen LogP contribution in [0.4, 0.5) is 8.87 Å². The second-order valence-electron chi connectivity index (χ2n) is 2.26. The lowest BCUT2D eigenvalue weighted by molar-refractivity contribution is 0.246. The molecule has 0 aliphatic rings. The van der Waals surface area contributed by atoms with Crippen molar-refractivity contribution in [2.24, 2.45) is 0 Å². The molecule has 0 atom stereocenters. The summed E-state index contributed by atoms with van der Waals surface area (Å²) >= 11 is 0. The van der Waals surface area contributed by atoms with Gasteiger partial charge in [0.1, 0.15) is 0 Å². The van der Waals surface area contributed by atoms with Gasteiger partial charge in [0.15, 0.2) is 8.24 Å². The summed E-state index contributed by atoms with van der Waals surface area (Å²) in [7, 11) is 2.19. The zero-order chi connectivity index (χ0) is 6.78. The number of hydrogen-bond donors (Lipinski definition) is 0. The van der Waals surface area contributed by atoms with E-state index in [2.05, 4.69) is 7.98 Å². The molecule has 0 bridgehead atoms. The lowest BCUT2D eigenvalue weighted by atomic mass is 10.5. The van der Waals surface area contributed by atoms with Gasteiger partial charge in [0.05, 0.1) is 6.30 Å². The fraction of sp³-hybridized carbons (Fsp3) is 1.00. The number of halogens is 2. The van der Waals surface area contributed by atoms with Gasteiger partial charge in [-0.3, -0.25) is 4.39 Å². The van der Waals surface area contributed by atoms with E-state index in [1.807, 2.05) is 0 Å². The zero-order valence-corrected chi connectivity index (χ0v) is 5.99. The van der Waals surface area contributed by atoms with E-state index in [4.69, 9.17) is 0 Å². The third-order valence-corrected chi connectivity index (χ3v) is 2.72. The highest BCUT2D eigenvalue weighted by atomic mass is 28.3. The van der Waals surface area contributed by atoms with Crippen molar-refractivity contribution in [2.75, 3.05) is 6.30 Å². The molecule has 0 saturated carbocycles. The van der Waals surface area contributed by atoms with Crippen LogP contribution < -0.4 is 0 Å². The molecule has 0 aliphatic heterocycles. The Bertz CT molecular complexity index is 77.7. The topological polar surface area (TPSA) is 3.24 Å². The molecule has 0 spiro atoms. The minimum absolute atomic E-state index is 0.00694. The first-order valence-corrected chi connectivity index (χ1v) is 5.43. The summed E-state index contributed by atoms with van der Waals surface area (Å²) in [5, 5.41) is 0. The van der Waals surface area contributed by atoms with Crippen LogP contribution >= 0.6 is 0 Å². The second-order valence-corrected chi connectivity index (χ2v) is 6.58. The van der Waals surface area contributed by atoms with Crippen molar-refractivity contribution in [3.05, 3.63) is 0 Å². The second kappa shape index (κ2) is 2.59. The van der Waals surface area contributed by atoms with Gasteiger partial charge in [0.2, 0.25) is 7.98 Å². The van der Waals surface area contributed by atoms with Crippen LogP contribution in [0.5, 0.6) is 0 Å². The van der Waals surface area contributed by atoms with Crippen LogP contribution in [0.2, 0.25) is 13.1 Å². The Balaban J connectivity index is 3.71. The first-order valence-electron chi connectivity index (χ1n) is 2.27. The smallest absolute Gasteiger partial charge is 0.219 e. The lowest BCUT2D eigenvalue weighted by Gasteiger charge is -2.21. The molecule has 0 heterocycles. The van der Waals surface area contributed by atoms with E-state index in [0.717, 1.165) is 0 Å². The van der Waals surface area contributed by atoms with Crippen molar-refractivity contribution in [1.82, 2.24) is 4.70 Å². The molecular formula is C3H8BF2NSi. The minimum Gasteiger partial charge on any atom is -0.253 e. The van der Waals surface area contributed by atoms with Crippen LogP contribution in [0.3, 0.4) is 0 Å². The maximum Gasteiger partial charge on any atom is 0.219 e. The Morgan fingerprint density at radius 1 is 1.62 bits per heavy atom. The third kappa shape index (κ3) is 1.92. The largest absolute Gasteiger partial charge is 0.253 e. The predicted molar refractivity (Wildman–Crippen MR) is 32.2 cm³/mol. The summed E-state index contributed by atoms with van der Waals surface area (Å²) in [6.45, 7) is 3.01. The molecule has 0 rings (SSSR count). The molecule has 0 amide bonds. The summed E-state index contributed by atoms with van der Waals surface area (Å²) in [4.78, 5) is 0. The van der Waals surface area contributed by atoms with Gasteiger partial charge in [-0.15, -0.1) is 0 Å². The first kappa shape index (κ1) is 8.10. The summed E-state index contributed by atoms with van der Waals surface area (Å²) < 4.78 is 23.6. The quantitative estimate of drug-likeness (QED) is 0.402. The first-order chi connectivity index (χ1) is 3.50. The maximum atomic E-state index is 11.9. The van der Waals surface area contributed by atoms with Gasteiger partial charge in [-0.2, -0.15) is 4.48 Å². The SMILES string of the molecule is [B]N(F)[Si](C)(C)CF. The van der Waals surface area contributed by atoms with E-state index < -0.39 is 14.5 Å². The molecule has 5 heteroatoms. The van der Waals surface area contributed by atoms with Gasteiger partial charge < -0.3 is 0 Å². The molecule has 8 heavy (non-hydrogen) atoms. The van der Waals surface area contributed by atoms with E-state index in [-0.39, 0.29) is 4.70 Å². The van der Waals surface area contributed by atoms with E-state index in [0.29, 0.717) is 0 Å². The molecule has 0 aromatic carbocycles. The van der Waals surface area contributed by atoms with E-state index in [9.17, 15) is 8.87 Å². The van der Waals surface area contributed by atoms with Crippen molar-refractivity contribution >= 4 is 16.2 Å². The molecule has 0 fully saturated rings. The van der Waals surface area contributed by atoms with Crippen LogP contribution in [0, 0.1) is 0 Å². The molecule has 0 aromatic rings. The highest BCUT2D eigenvalue weighted by molar-refractivity contribution is 6.77. The Morgan fingerprint density at radius 2 is 2.00 bits per heavy atom. The summed E-state index contributed by atoms with van der Waals surface area (Å²) in [6, 6.07) is 0. The van der Waals surface area contributed by atoms with Gasteiger partial charge >= 0.3 is 0 Å². The van der Waals surface area contributed by atoms with Gasteiger partial charge in [0, 0.05) is 0 Å². The molecule has 0 aliphatic carbocycles. The Morgan fingerprint density at radius 3 is 2.00 bits per heavy atom. The van der Waals surface area contributed by atoms with Gasteiger partial charge in [0.25, 0.3) is 0 Å². The Labute approximate surface area is 50.1 Å². The van der Waals surface area contributed by atoms with Crippen LogP contribution in [0.1, 0.15) is 0 Å². The molecule has 46 valence electrons. The van der Waals surface area contributed by atoms with Crippen LogP contribution in [0.15, 0.2) is 0 Å². The average Bonchev–Trinajstić information content (AvgIpc) is 1.67. The average molecular weight is 135 g/mol. The Hall–Kier alpha value is 0.102. The number of alkyl halides is 1. The lowest BCUT2D eigenvalue weighted by Crippen LogP contribution is -2.44. The van der Waals surface area contributed by atoms with Crippen LogP contribution in [-0.2, 0) is 0 Å². The van der Waals surface area contributed by atoms with E-state index in [1.165, 1.54) is 13.1 Å². The molecule has 0 saturated heterocycles. The van der Waals surface area contributed by atoms with Gasteiger partial charge in [-0.05, 0) is 0 Å². The molecule has 1 nitrogen and oxygen atoms in total. The summed E-state index contributed by atoms with van der Waals surface area (Å²) in [6.07, 6.45) is -0.653. The van der Waals surface area contributed by atoms with Crippen molar-refractivity contribution in [2.45, 2.75) is 13.1 Å². The molecule has 0 unspecified atom stereocenters. The monoisotopic (exact) mass is 135 g/mol. The highest BCUT2D eigenvalue weighted by Crippen LogP contribution is 2.06. The number of rotatable bonds is 2. The molecule has 0 N–H and O–H groups in total. The normalized spacial score (nSPS) is 12.6. The van der Waals surface area contributed by atoms with E-state index in [1.54, 1.807) is 0 Å². The van der Waals surface area contributed by atoms with Crippen molar-refractivity contribution < 1.29 is 8.87 Å². The zero-order valence-electron chi connectivity index (χ0n) is 4.99. The molecular weight excluding hydrogens is 127 g/mol. The van der Waals surface area contributed by atoms with E-state index >= 15 is 0 Å². The number of nitrogens with zero attached hydrogens (tertiary/aromatic N) is 1.